The second-order valence-electron chi connectivity index (χ2n) is 5.75. The third-order valence-electron chi connectivity index (χ3n) is 3.92. The Kier molecular flexibility index (Phi) is 7.19. The summed E-state index contributed by atoms with van der Waals surface area (Å²) in [6.07, 6.45) is 2.62. The van der Waals surface area contributed by atoms with Gasteiger partial charge in [0.2, 0.25) is 11.8 Å². The van der Waals surface area contributed by atoms with Gasteiger partial charge in [0.15, 0.2) is 5.82 Å². The summed E-state index contributed by atoms with van der Waals surface area (Å²) in [6, 6.07) is 2.24. The highest BCUT2D eigenvalue weighted by Crippen LogP contribution is 2.35. The van der Waals surface area contributed by atoms with Crippen LogP contribution in [0.1, 0.15) is 43.1 Å². The fraction of sp³-hybridized carbons (Fsp3) is 0.571. The Balaban J connectivity index is 0.00000144. The Morgan fingerprint density at radius 1 is 1.25 bits per heavy atom. The van der Waals surface area contributed by atoms with E-state index in [1.165, 1.54) is 0 Å². The van der Waals surface area contributed by atoms with Gasteiger partial charge in [-0.3, -0.25) is 0 Å². The van der Waals surface area contributed by atoms with Gasteiger partial charge < -0.3 is 20.9 Å². The Hall–Kier alpha value is -1.64. The first-order valence-corrected chi connectivity index (χ1v) is 7.47. The Bertz CT molecular complexity index is 660. The van der Waals surface area contributed by atoms with Crippen molar-refractivity contribution >= 4 is 36.6 Å². The Morgan fingerprint density at radius 3 is 2.54 bits per heavy atom. The van der Waals surface area contributed by atoms with Crippen molar-refractivity contribution in [3.05, 3.63) is 23.5 Å². The van der Waals surface area contributed by atoms with Crippen molar-refractivity contribution in [3.63, 3.8) is 0 Å². The van der Waals surface area contributed by atoms with Crippen LogP contribution >= 0.6 is 24.8 Å². The molecule has 1 aliphatic rings. The first-order valence-electron chi connectivity index (χ1n) is 7.47. The molecule has 0 saturated heterocycles. The van der Waals surface area contributed by atoms with Crippen molar-refractivity contribution in [1.82, 2.24) is 20.1 Å². The fourth-order valence-corrected chi connectivity index (χ4v) is 2.57. The second-order valence-corrected chi connectivity index (χ2v) is 5.75. The zero-order valence-electron chi connectivity index (χ0n) is 13.7. The molecule has 1 fully saturated rings. The first kappa shape index (κ1) is 20.4. The van der Waals surface area contributed by atoms with Gasteiger partial charge in [-0.15, -0.1) is 24.8 Å². The molecule has 0 aliphatic heterocycles. The van der Waals surface area contributed by atoms with Gasteiger partial charge in [-0.25, -0.2) is 4.98 Å². The van der Waals surface area contributed by atoms with Crippen LogP contribution in [0.5, 0.6) is 0 Å². The van der Waals surface area contributed by atoms with Gasteiger partial charge in [-0.05, 0) is 12.8 Å². The number of rotatable bonds is 5. The number of nitrogen functional groups attached to an aromatic ring is 1. The maximum absolute atomic E-state index is 5.85. The molecule has 1 aliphatic carbocycles. The molecule has 2 heterocycles. The maximum Gasteiger partial charge on any atom is 0.226 e. The maximum atomic E-state index is 5.85. The van der Waals surface area contributed by atoms with Gasteiger partial charge >= 0.3 is 0 Å². The molecule has 3 rings (SSSR count). The number of aryl methyl sites for hydroxylation is 1. The van der Waals surface area contributed by atoms with Crippen LogP contribution in [0.4, 0.5) is 11.8 Å². The molecule has 4 N–H and O–H groups in total. The van der Waals surface area contributed by atoms with Crippen LogP contribution in [0.15, 0.2) is 10.6 Å². The number of anilines is 2. The van der Waals surface area contributed by atoms with E-state index < -0.39 is 0 Å². The van der Waals surface area contributed by atoms with Crippen LogP contribution in [0.2, 0.25) is 0 Å². The van der Waals surface area contributed by atoms with Gasteiger partial charge in [-0.1, -0.05) is 12.1 Å². The van der Waals surface area contributed by atoms with Crippen LogP contribution in [0.25, 0.3) is 0 Å². The molecule has 134 valence electrons. The molecule has 0 radical (unpaired) electrons. The van der Waals surface area contributed by atoms with Crippen molar-refractivity contribution in [2.75, 3.05) is 17.7 Å². The van der Waals surface area contributed by atoms with E-state index in [1.807, 2.05) is 24.9 Å². The third kappa shape index (κ3) is 4.46. The summed E-state index contributed by atoms with van der Waals surface area (Å²) >= 11 is 0. The van der Waals surface area contributed by atoms with Crippen LogP contribution in [-0.4, -0.2) is 33.2 Å². The second kappa shape index (κ2) is 8.46. The summed E-state index contributed by atoms with van der Waals surface area (Å²) in [5, 5.41) is 3.95. The summed E-state index contributed by atoms with van der Waals surface area (Å²) in [7, 11) is 1.92. The average Bonchev–Trinajstić information content (AvgIpc) is 2.91. The van der Waals surface area contributed by atoms with E-state index in [0.717, 1.165) is 30.8 Å². The van der Waals surface area contributed by atoms with Gasteiger partial charge in [0.25, 0.3) is 0 Å². The molecule has 0 atom stereocenters. The molecular formula is C14H23Cl2N7O. The number of hydrogen-bond donors (Lipinski definition) is 2. The lowest BCUT2D eigenvalue weighted by Crippen LogP contribution is -2.35. The minimum Gasteiger partial charge on any atom is -0.368 e. The lowest BCUT2D eigenvalue weighted by molar-refractivity contribution is 0.345. The van der Waals surface area contributed by atoms with Crippen molar-refractivity contribution in [2.24, 2.45) is 5.73 Å². The van der Waals surface area contributed by atoms with E-state index in [2.05, 4.69) is 20.1 Å². The van der Waals surface area contributed by atoms with E-state index >= 15 is 0 Å². The molecular weight excluding hydrogens is 353 g/mol. The molecule has 0 unspecified atom stereocenters. The quantitative estimate of drug-likeness (QED) is 0.809. The number of halogens is 2. The standard InChI is InChI=1S/C14H21N7O.2ClH/c1-3-13-18-11(20-22-13)7-21(2)12-6-10(17-14(16)19-12)8-4-9(15)5-8;;/h6,8-9H,3-5,7,15H2,1-2H3,(H2,16,17,19);2*1H. The van der Waals surface area contributed by atoms with Crippen LogP contribution in [0.3, 0.4) is 0 Å². The highest BCUT2D eigenvalue weighted by molar-refractivity contribution is 5.85. The molecule has 24 heavy (non-hydrogen) atoms. The van der Waals surface area contributed by atoms with Gasteiger partial charge in [0, 0.05) is 31.5 Å². The summed E-state index contributed by atoms with van der Waals surface area (Å²) < 4.78 is 5.12. The van der Waals surface area contributed by atoms with Crippen LogP contribution in [-0.2, 0) is 13.0 Å². The van der Waals surface area contributed by atoms with Gasteiger partial charge in [-0.2, -0.15) is 9.97 Å². The third-order valence-corrected chi connectivity index (χ3v) is 3.92. The lowest BCUT2D eigenvalue weighted by Gasteiger charge is -2.32. The highest BCUT2D eigenvalue weighted by Gasteiger charge is 2.29. The predicted octanol–water partition coefficient (Wildman–Crippen LogP) is 1.69. The molecule has 10 heteroatoms. The molecule has 2 aromatic rings. The molecule has 0 spiro atoms. The number of nitrogens with zero attached hydrogens (tertiary/aromatic N) is 5. The summed E-state index contributed by atoms with van der Waals surface area (Å²) in [4.78, 5) is 14.9. The summed E-state index contributed by atoms with van der Waals surface area (Å²) in [5.41, 5.74) is 12.6. The monoisotopic (exact) mass is 375 g/mol. The van der Waals surface area contributed by atoms with E-state index in [4.69, 9.17) is 16.0 Å². The smallest absolute Gasteiger partial charge is 0.226 e. The molecule has 2 aromatic heterocycles. The van der Waals surface area contributed by atoms with E-state index in [1.54, 1.807) is 0 Å². The first-order chi connectivity index (χ1) is 10.5. The largest absolute Gasteiger partial charge is 0.368 e. The molecule has 0 amide bonds. The van der Waals surface area contributed by atoms with Gasteiger partial charge in [0.1, 0.15) is 5.82 Å². The normalized spacial score (nSPS) is 19.0. The molecule has 1 saturated carbocycles. The number of nitrogens with two attached hydrogens (primary N) is 2. The van der Waals surface area contributed by atoms with E-state index in [9.17, 15) is 0 Å². The minimum absolute atomic E-state index is 0. The van der Waals surface area contributed by atoms with Crippen LogP contribution in [0, 0.1) is 0 Å². The number of hydrogen-bond acceptors (Lipinski definition) is 8. The topological polar surface area (TPSA) is 120 Å². The minimum atomic E-state index is 0. The average molecular weight is 376 g/mol. The van der Waals surface area contributed by atoms with Gasteiger partial charge in [0.05, 0.1) is 12.2 Å². The molecule has 8 nitrogen and oxygen atoms in total. The van der Waals surface area contributed by atoms with Crippen molar-refractivity contribution < 1.29 is 4.52 Å². The fourth-order valence-electron chi connectivity index (χ4n) is 2.57. The van der Waals surface area contributed by atoms with Crippen molar-refractivity contribution in [1.29, 1.82) is 0 Å². The zero-order chi connectivity index (χ0) is 15.7. The Labute approximate surface area is 153 Å². The highest BCUT2D eigenvalue weighted by atomic mass is 35.5. The molecule has 0 aromatic carbocycles. The zero-order valence-corrected chi connectivity index (χ0v) is 15.3. The predicted molar refractivity (Wildman–Crippen MR) is 96.7 cm³/mol. The molecule has 0 bridgehead atoms. The summed E-state index contributed by atoms with van der Waals surface area (Å²) in [5.74, 6) is 2.68. The van der Waals surface area contributed by atoms with E-state index in [-0.39, 0.29) is 36.8 Å². The Morgan fingerprint density at radius 2 is 1.96 bits per heavy atom. The van der Waals surface area contributed by atoms with Crippen LogP contribution < -0.4 is 16.4 Å². The van der Waals surface area contributed by atoms with Crippen molar-refractivity contribution in [2.45, 2.75) is 44.7 Å². The SMILES string of the molecule is CCc1nc(CN(C)c2cc(C3CC(N)C3)nc(N)n2)no1.Cl.Cl. The summed E-state index contributed by atoms with van der Waals surface area (Å²) in [6.45, 7) is 2.48. The van der Waals surface area contributed by atoms with Crippen molar-refractivity contribution in [3.8, 4) is 0 Å². The number of aromatic nitrogens is 4. The lowest BCUT2D eigenvalue weighted by atomic mass is 9.78. The van der Waals surface area contributed by atoms with E-state index in [0.29, 0.717) is 24.2 Å².